The van der Waals surface area contributed by atoms with Gasteiger partial charge in [0.2, 0.25) is 10.0 Å². The number of nitrogens with one attached hydrogen (secondary N) is 3. The molecule has 0 spiro atoms. The van der Waals surface area contributed by atoms with E-state index >= 15 is 0 Å². The highest BCUT2D eigenvalue weighted by molar-refractivity contribution is 7.89. The van der Waals surface area contributed by atoms with Gasteiger partial charge < -0.3 is 4.42 Å². The molecule has 0 atom stereocenters. The first kappa shape index (κ1) is 23.0. The van der Waals surface area contributed by atoms with Crippen molar-refractivity contribution in [3.05, 3.63) is 74.3 Å². The van der Waals surface area contributed by atoms with Crippen molar-refractivity contribution in [3.8, 4) is 0 Å². The molecule has 2 heterocycles. The minimum atomic E-state index is -4.01. The Morgan fingerprint density at radius 3 is 2.52 bits per heavy atom. The number of carbonyl (C=O) groups excluding carboxylic acids is 2. The monoisotopic (exact) mass is 481 g/mol. The Morgan fingerprint density at radius 2 is 1.87 bits per heavy atom. The number of hydrazine groups is 1. The van der Waals surface area contributed by atoms with Crippen LogP contribution in [0, 0.1) is 6.92 Å². The molecule has 2 amide bonds. The zero-order valence-corrected chi connectivity index (χ0v) is 19.1. The average molecular weight is 482 g/mol. The van der Waals surface area contributed by atoms with E-state index in [0.717, 1.165) is 22.9 Å². The van der Waals surface area contributed by atoms with Crippen molar-refractivity contribution < 1.29 is 22.4 Å². The standard InChI is InChI=1S/C20H20ClN3O5S2/c1-3-16-12(2)9-17(30-16)20(26)24-23-19(25)13-6-7-15(21)18(10-13)31(27,28)22-11-14-5-4-8-29-14/h4-10,22H,3,11H2,1-2H3,(H,23,25)(H,24,26). The van der Waals surface area contributed by atoms with Crippen LogP contribution in [-0.2, 0) is 23.0 Å². The molecule has 0 saturated heterocycles. The summed E-state index contributed by atoms with van der Waals surface area (Å²) >= 11 is 7.39. The molecule has 164 valence electrons. The maximum atomic E-state index is 12.6. The maximum Gasteiger partial charge on any atom is 0.279 e. The van der Waals surface area contributed by atoms with Crippen LogP contribution in [0.3, 0.4) is 0 Å². The number of hydrogen-bond donors (Lipinski definition) is 3. The minimum Gasteiger partial charge on any atom is -0.468 e. The predicted molar refractivity (Wildman–Crippen MR) is 118 cm³/mol. The molecule has 3 N–H and O–H groups in total. The van der Waals surface area contributed by atoms with Crippen LogP contribution in [0.25, 0.3) is 0 Å². The first-order valence-electron chi connectivity index (χ1n) is 9.23. The van der Waals surface area contributed by atoms with Crippen LogP contribution >= 0.6 is 22.9 Å². The van der Waals surface area contributed by atoms with Crippen LogP contribution in [0.15, 0.2) is 52.0 Å². The maximum absolute atomic E-state index is 12.6. The number of benzene rings is 1. The molecule has 1 aromatic carbocycles. The highest BCUT2D eigenvalue weighted by Crippen LogP contribution is 2.24. The number of halogens is 1. The molecule has 3 aromatic rings. The minimum absolute atomic E-state index is 0.0136. The first-order chi connectivity index (χ1) is 14.7. The second kappa shape index (κ2) is 9.65. The molecule has 0 aliphatic carbocycles. The Morgan fingerprint density at radius 1 is 1.13 bits per heavy atom. The number of furan rings is 1. The highest BCUT2D eigenvalue weighted by Gasteiger charge is 2.21. The molecule has 8 nitrogen and oxygen atoms in total. The van der Waals surface area contributed by atoms with E-state index in [9.17, 15) is 18.0 Å². The van der Waals surface area contributed by atoms with Gasteiger partial charge in [0.25, 0.3) is 11.8 Å². The third-order valence-corrected chi connectivity index (χ3v) is 7.62. The van der Waals surface area contributed by atoms with Crippen molar-refractivity contribution in [2.24, 2.45) is 0 Å². The fraction of sp³-hybridized carbons (Fsp3) is 0.200. The van der Waals surface area contributed by atoms with E-state index in [1.165, 1.54) is 29.7 Å². The van der Waals surface area contributed by atoms with Gasteiger partial charge in [-0.05, 0) is 55.3 Å². The van der Waals surface area contributed by atoms with Crippen LogP contribution in [-0.4, -0.2) is 20.2 Å². The van der Waals surface area contributed by atoms with Crippen LogP contribution in [0.2, 0.25) is 5.02 Å². The van der Waals surface area contributed by atoms with Crippen LogP contribution in [0.4, 0.5) is 0 Å². The van der Waals surface area contributed by atoms with Gasteiger partial charge in [0.05, 0.1) is 22.7 Å². The lowest BCUT2D eigenvalue weighted by Crippen LogP contribution is -2.41. The summed E-state index contributed by atoms with van der Waals surface area (Å²) in [5.41, 5.74) is 5.66. The van der Waals surface area contributed by atoms with E-state index in [0.29, 0.717) is 10.6 Å². The molecule has 2 aromatic heterocycles. The summed E-state index contributed by atoms with van der Waals surface area (Å²) in [6, 6.07) is 8.81. The second-order valence-corrected chi connectivity index (χ2v) is 9.81. The third kappa shape index (κ3) is 5.53. The van der Waals surface area contributed by atoms with Gasteiger partial charge in [0, 0.05) is 10.4 Å². The highest BCUT2D eigenvalue weighted by atomic mass is 35.5. The second-order valence-electron chi connectivity index (χ2n) is 6.53. The molecule has 0 aliphatic rings. The van der Waals surface area contributed by atoms with E-state index in [4.69, 9.17) is 16.0 Å². The summed E-state index contributed by atoms with van der Waals surface area (Å²) < 4.78 is 32.7. The number of aryl methyl sites for hydroxylation is 2. The SMILES string of the molecule is CCc1sc(C(=O)NNC(=O)c2ccc(Cl)c(S(=O)(=O)NCc3ccco3)c2)cc1C. The third-order valence-electron chi connectivity index (χ3n) is 4.35. The van der Waals surface area contributed by atoms with Gasteiger partial charge in [-0.25, -0.2) is 13.1 Å². The topological polar surface area (TPSA) is 118 Å². The van der Waals surface area contributed by atoms with Crippen molar-refractivity contribution in [3.63, 3.8) is 0 Å². The number of rotatable bonds is 7. The van der Waals surface area contributed by atoms with Crippen molar-refractivity contribution in [1.29, 1.82) is 0 Å². The Hall–Kier alpha value is -2.66. The molecule has 0 unspecified atom stereocenters. The molecule has 31 heavy (non-hydrogen) atoms. The van der Waals surface area contributed by atoms with E-state index < -0.39 is 21.8 Å². The van der Waals surface area contributed by atoms with Crippen LogP contribution < -0.4 is 15.6 Å². The molecule has 0 aliphatic heterocycles. The Kier molecular flexibility index (Phi) is 7.16. The van der Waals surface area contributed by atoms with Crippen molar-refractivity contribution in [2.45, 2.75) is 31.7 Å². The number of carbonyl (C=O) groups is 2. The summed E-state index contributed by atoms with van der Waals surface area (Å²) in [5.74, 6) is -0.717. The Bertz CT molecular complexity index is 1200. The van der Waals surface area contributed by atoms with Crippen LogP contribution in [0.1, 0.15) is 43.2 Å². The van der Waals surface area contributed by atoms with Gasteiger partial charge in [-0.2, -0.15) is 0 Å². The van der Waals surface area contributed by atoms with Gasteiger partial charge in [-0.3, -0.25) is 20.4 Å². The zero-order valence-electron chi connectivity index (χ0n) is 16.7. The fourth-order valence-electron chi connectivity index (χ4n) is 2.74. The first-order valence-corrected chi connectivity index (χ1v) is 11.9. The van der Waals surface area contributed by atoms with E-state index in [1.807, 2.05) is 13.8 Å². The average Bonchev–Trinajstić information content (AvgIpc) is 3.40. The van der Waals surface area contributed by atoms with Gasteiger partial charge in [0.15, 0.2) is 0 Å². The van der Waals surface area contributed by atoms with Crippen molar-refractivity contribution in [1.82, 2.24) is 15.6 Å². The van der Waals surface area contributed by atoms with Gasteiger partial charge in [-0.15, -0.1) is 11.3 Å². The fourth-order valence-corrected chi connectivity index (χ4v) is 5.26. The van der Waals surface area contributed by atoms with Crippen LogP contribution in [0.5, 0.6) is 0 Å². The molecule has 0 radical (unpaired) electrons. The summed E-state index contributed by atoms with van der Waals surface area (Å²) in [4.78, 5) is 26.0. The smallest absolute Gasteiger partial charge is 0.279 e. The predicted octanol–water partition coefficient (Wildman–Crippen LogP) is 3.42. The molecule has 0 fully saturated rings. The lowest BCUT2D eigenvalue weighted by atomic mass is 10.2. The van der Waals surface area contributed by atoms with Crippen molar-refractivity contribution >= 4 is 44.8 Å². The van der Waals surface area contributed by atoms with Gasteiger partial charge >= 0.3 is 0 Å². The lowest BCUT2D eigenvalue weighted by molar-refractivity contribution is 0.0848. The number of hydrogen-bond acceptors (Lipinski definition) is 6. The lowest BCUT2D eigenvalue weighted by Gasteiger charge is -2.10. The van der Waals surface area contributed by atoms with E-state index in [1.54, 1.807) is 18.2 Å². The number of amides is 2. The quantitative estimate of drug-likeness (QED) is 0.447. The van der Waals surface area contributed by atoms with Crippen molar-refractivity contribution in [2.75, 3.05) is 0 Å². The normalized spacial score (nSPS) is 11.3. The summed E-state index contributed by atoms with van der Waals surface area (Å²) in [6.45, 7) is 3.84. The van der Waals surface area contributed by atoms with Gasteiger partial charge in [0.1, 0.15) is 10.7 Å². The molecule has 0 bridgehead atoms. The largest absolute Gasteiger partial charge is 0.468 e. The molecule has 11 heteroatoms. The molecule has 0 saturated carbocycles. The molecular formula is C20H20ClN3O5S2. The number of sulfonamides is 1. The summed E-state index contributed by atoms with van der Waals surface area (Å²) in [7, 11) is -4.01. The zero-order chi connectivity index (χ0) is 22.6. The number of thiophene rings is 1. The van der Waals surface area contributed by atoms with E-state index in [-0.39, 0.29) is 22.0 Å². The Balaban J connectivity index is 1.69. The summed E-state index contributed by atoms with van der Waals surface area (Å²) in [6.07, 6.45) is 2.24. The summed E-state index contributed by atoms with van der Waals surface area (Å²) in [5, 5.41) is -0.0475. The Labute approximate surface area is 188 Å². The molecule has 3 rings (SSSR count). The van der Waals surface area contributed by atoms with Gasteiger partial charge in [-0.1, -0.05) is 18.5 Å². The van der Waals surface area contributed by atoms with E-state index in [2.05, 4.69) is 15.6 Å². The molecular weight excluding hydrogens is 462 g/mol.